The second-order valence-corrected chi connectivity index (χ2v) is 3.22. The smallest absolute Gasteiger partial charge is 0.107 e. The lowest BCUT2D eigenvalue weighted by Crippen LogP contribution is -2.45. The van der Waals surface area contributed by atoms with Crippen LogP contribution in [0.3, 0.4) is 0 Å². The average Bonchev–Trinajstić information content (AvgIpc) is 2.30. The van der Waals surface area contributed by atoms with E-state index in [1.807, 2.05) is 6.26 Å². The standard InChI is InChI=1S/C8H12O/c1-5-6(2)8-7(5)3-4-9-8/h3-8H,1-2H3. The largest absolute Gasteiger partial charge is 0.497 e. The van der Waals surface area contributed by atoms with Crippen LogP contribution in [0.25, 0.3) is 0 Å². The monoisotopic (exact) mass is 124 g/mol. The van der Waals surface area contributed by atoms with E-state index in [0.717, 1.165) is 17.8 Å². The third-order valence-electron chi connectivity index (χ3n) is 2.87. The highest BCUT2D eigenvalue weighted by molar-refractivity contribution is 5.08. The third-order valence-corrected chi connectivity index (χ3v) is 2.87. The minimum Gasteiger partial charge on any atom is -0.497 e. The van der Waals surface area contributed by atoms with E-state index in [0.29, 0.717) is 6.10 Å². The van der Waals surface area contributed by atoms with Gasteiger partial charge >= 0.3 is 0 Å². The highest BCUT2D eigenvalue weighted by atomic mass is 16.5. The molecule has 2 rings (SSSR count). The molecule has 4 atom stereocenters. The Labute approximate surface area is 55.7 Å². The topological polar surface area (TPSA) is 9.23 Å². The van der Waals surface area contributed by atoms with Gasteiger partial charge in [0.15, 0.2) is 0 Å². The predicted octanol–water partition coefficient (Wildman–Crippen LogP) is 1.80. The van der Waals surface area contributed by atoms with Crippen LogP contribution in [0.2, 0.25) is 0 Å². The van der Waals surface area contributed by atoms with Crippen molar-refractivity contribution in [2.24, 2.45) is 17.8 Å². The minimum absolute atomic E-state index is 0.528. The molecule has 1 saturated carbocycles. The van der Waals surface area contributed by atoms with Crippen molar-refractivity contribution in [3.63, 3.8) is 0 Å². The Hall–Kier alpha value is -0.460. The van der Waals surface area contributed by atoms with E-state index in [9.17, 15) is 0 Å². The molecule has 4 unspecified atom stereocenters. The SMILES string of the molecule is CC1C(C)C2OC=CC12. The second-order valence-electron chi connectivity index (χ2n) is 3.22. The maximum absolute atomic E-state index is 5.35. The Morgan fingerprint density at radius 3 is 2.67 bits per heavy atom. The van der Waals surface area contributed by atoms with Crippen LogP contribution in [-0.4, -0.2) is 6.10 Å². The van der Waals surface area contributed by atoms with Gasteiger partial charge in [0, 0.05) is 5.92 Å². The van der Waals surface area contributed by atoms with Crippen LogP contribution in [0.4, 0.5) is 0 Å². The molecule has 0 aromatic carbocycles. The van der Waals surface area contributed by atoms with E-state index in [4.69, 9.17) is 4.74 Å². The first-order chi connectivity index (χ1) is 4.30. The molecule has 1 aliphatic carbocycles. The normalized spacial score (nSPS) is 54.0. The molecule has 0 N–H and O–H groups in total. The van der Waals surface area contributed by atoms with Crippen molar-refractivity contribution in [3.05, 3.63) is 12.3 Å². The summed E-state index contributed by atoms with van der Waals surface area (Å²) in [6.45, 7) is 4.56. The van der Waals surface area contributed by atoms with Gasteiger partial charge in [-0.05, 0) is 17.9 Å². The van der Waals surface area contributed by atoms with E-state index >= 15 is 0 Å². The number of hydrogen-bond acceptors (Lipinski definition) is 1. The molecule has 50 valence electrons. The molecule has 1 heterocycles. The lowest BCUT2D eigenvalue weighted by Gasteiger charge is -2.43. The number of fused-ring (bicyclic) bond motifs is 1. The van der Waals surface area contributed by atoms with Crippen molar-refractivity contribution in [2.45, 2.75) is 20.0 Å². The van der Waals surface area contributed by atoms with E-state index in [-0.39, 0.29) is 0 Å². The van der Waals surface area contributed by atoms with Gasteiger partial charge in [-0.2, -0.15) is 0 Å². The average molecular weight is 124 g/mol. The Bertz CT molecular complexity index is 151. The van der Waals surface area contributed by atoms with Crippen LogP contribution in [0, 0.1) is 17.8 Å². The molecule has 1 heteroatoms. The zero-order chi connectivity index (χ0) is 6.43. The van der Waals surface area contributed by atoms with Gasteiger partial charge in [0.05, 0.1) is 6.26 Å². The van der Waals surface area contributed by atoms with Gasteiger partial charge in [0.2, 0.25) is 0 Å². The Kier molecular flexibility index (Phi) is 0.904. The van der Waals surface area contributed by atoms with Crippen molar-refractivity contribution in [1.29, 1.82) is 0 Å². The number of ether oxygens (including phenoxy) is 1. The molecule has 9 heavy (non-hydrogen) atoms. The van der Waals surface area contributed by atoms with Gasteiger partial charge in [-0.3, -0.25) is 0 Å². The van der Waals surface area contributed by atoms with Crippen LogP contribution in [-0.2, 0) is 4.74 Å². The van der Waals surface area contributed by atoms with E-state index in [1.54, 1.807) is 0 Å². The molecule has 0 spiro atoms. The fraction of sp³-hybridized carbons (Fsp3) is 0.750. The van der Waals surface area contributed by atoms with Gasteiger partial charge in [-0.1, -0.05) is 13.8 Å². The molecule has 1 fully saturated rings. The second kappa shape index (κ2) is 1.53. The molecule has 0 radical (unpaired) electrons. The number of hydrogen-bond donors (Lipinski definition) is 0. The Morgan fingerprint density at radius 1 is 1.22 bits per heavy atom. The summed E-state index contributed by atoms with van der Waals surface area (Å²) in [4.78, 5) is 0. The van der Waals surface area contributed by atoms with E-state index < -0.39 is 0 Å². The van der Waals surface area contributed by atoms with Crippen LogP contribution < -0.4 is 0 Å². The zero-order valence-electron chi connectivity index (χ0n) is 5.87. The summed E-state index contributed by atoms with van der Waals surface area (Å²) in [6, 6.07) is 0. The lowest BCUT2D eigenvalue weighted by molar-refractivity contribution is -0.0459. The maximum atomic E-state index is 5.35. The molecular formula is C8H12O. The van der Waals surface area contributed by atoms with Gasteiger partial charge in [-0.15, -0.1) is 0 Å². The fourth-order valence-electron chi connectivity index (χ4n) is 1.88. The molecule has 2 aliphatic rings. The highest BCUT2D eigenvalue weighted by Crippen LogP contribution is 2.45. The first kappa shape index (κ1) is 5.33. The van der Waals surface area contributed by atoms with Crippen LogP contribution in [0.5, 0.6) is 0 Å². The quantitative estimate of drug-likeness (QED) is 0.478. The predicted molar refractivity (Wildman–Crippen MR) is 35.8 cm³/mol. The Morgan fingerprint density at radius 2 is 2.00 bits per heavy atom. The zero-order valence-corrected chi connectivity index (χ0v) is 5.87. The molecule has 1 aliphatic heterocycles. The third kappa shape index (κ3) is 0.499. The summed E-state index contributed by atoms with van der Waals surface area (Å²) in [6.07, 6.45) is 4.57. The minimum atomic E-state index is 0.528. The molecule has 0 saturated heterocycles. The fourth-order valence-corrected chi connectivity index (χ4v) is 1.88. The van der Waals surface area contributed by atoms with Crippen molar-refractivity contribution >= 4 is 0 Å². The summed E-state index contributed by atoms with van der Waals surface area (Å²) in [5.41, 5.74) is 0. The molecule has 0 aromatic heterocycles. The van der Waals surface area contributed by atoms with E-state index in [1.165, 1.54) is 0 Å². The van der Waals surface area contributed by atoms with Gasteiger partial charge in [0.25, 0.3) is 0 Å². The first-order valence-corrected chi connectivity index (χ1v) is 3.63. The van der Waals surface area contributed by atoms with E-state index in [2.05, 4.69) is 19.9 Å². The summed E-state index contributed by atoms with van der Waals surface area (Å²) in [5.74, 6) is 2.35. The van der Waals surface area contributed by atoms with Gasteiger partial charge < -0.3 is 4.74 Å². The molecule has 0 amide bonds. The van der Waals surface area contributed by atoms with Crippen molar-refractivity contribution < 1.29 is 4.74 Å². The molecular weight excluding hydrogens is 112 g/mol. The molecule has 0 bridgehead atoms. The van der Waals surface area contributed by atoms with Gasteiger partial charge in [-0.25, -0.2) is 0 Å². The number of rotatable bonds is 0. The maximum Gasteiger partial charge on any atom is 0.107 e. The van der Waals surface area contributed by atoms with Crippen LogP contribution in [0.1, 0.15) is 13.8 Å². The Balaban J connectivity index is 2.12. The summed E-state index contributed by atoms with van der Waals surface area (Å²) < 4.78 is 5.35. The summed E-state index contributed by atoms with van der Waals surface area (Å²) in [5, 5.41) is 0. The van der Waals surface area contributed by atoms with Crippen molar-refractivity contribution in [3.8, 4) is 0 Å². The molecule has 1 nitrogen and oxygen atoms in total. The van der Waals surface area contributed by atoms with Crippen LogP contribution >= 0.6 is 0 Å². The van der Waals surface area contributed by atoms with Crippen molar-refractivity contribution in [1.82, 2.24) is 0 Å². The summed E-state index contributed by atoms with van der Waals surface area (Å²) >= 11 is 0. The summed E-state index contributed by atoms with van der Waals surface area (Å²) in [7, 11) is 0. The first-order valence-electron chi connectivity index (χ1n) is 3.63. The van der Waals surface area contributed by atoms with Gasteiger partial charge in [0.1, 0.15) is 6.10 Å². The van der Waals surface area contributed by atoms with Crippen LogP contribution in [0.15, 0.2) is 12.3 Å². The lowest BCUT2D eigenvalue weighted by atomic mass is 9.65. The van der Waals surface area contributed by atoms with Crippen molar-refractivity contribution in [2.75, 3.05) is 0 Å². The highest BCUT2D eigenvalue weighted by Gasteiger charge is 2.47. The molecule has 0 aromatic rings.